The molecule has 2 rings (SSSR count). The van der Waals surface area contributed by atoms with Crippen molar-refractivity contribution in [3.8, 4) is 0 Å². The van der Waals surface area contributed by atoms with Crippen LogP contribution in [0.25, 0.3) is 0 Å². The summed E-state index contributed by atoms with van der Waals surface area (Å²) in [6, 6.07) is 0.692. The third-order valence-corrected chi connectivity index (χ3v) is 5.64. The summed E-state index contributed by atoms with van der Waals surface area (Å²) in [4.78, 5) is 17.2. The van der Waals surface area contributed by atoms with Gasteiger partial charge < -0.3 is 20.9 Å². The molecule has 0 aromatic carbocycles. The summed E-state index contributed by atoms with van der Waals surface area (Å²) < 4.78 is 0. The van der Waals surface area contributed by atoms with Crippen LogP contribution < -0.4 is 11.1 Å². The minimum atomic E-state index is -0.364. The highest BCUT2D eigenvalue weighted by molar-refractivity contribution is 5.82. The van der Waals surface area contributed by atoms with E-state index in [1.54, 1.807) is 0 Å². The van der Waals surface area contributed by atoms with Crippen molar-refractivity contribution in [3.05, 3.63) is 0 Å². The SMILES string of the molecule is CCC(C)C(N)C(=O)NC1CCN(C2CCN(C)CC2)CC1. The topological polar surface area (TPSA) is 61.6 Å². The summed E-state index contributed by atoms with van der Waals surface area (Å²) in [5.41, 5.74) is 6.02. The highest BCUT2D eigenvalue weighted by atomic mass is 16.2. The van der Waals surface area contributed by atoms with E-state index in [1.165, 1.54) is 25.9 Å². The average Bonchev–Trinajstić information content (AvgIpc) is 2.55. The highest BCUT2D eigenvalue weighted by Gasteiger charge is 2.29. The van der Waals surface area contributed by atoms with Gasteiger partial charge in [0.2, 0.25) is 5.91 Å². The van der Waals surface area contributed by atoms with Crippen LogP contribution in [0, 0.1) is 5.92 Å². The number of rotatable bonds is 5. The first-order valence-electron chi connectivity index (χ1n) is 8.99. The molecule has 3 N–H and O–H groups in total. The van der Waals surface area contributed by atoms with Crippen LogP contribution in [-0.4, -0.2) is 67.1 Å². The van der Waals surface area contributed by atoms with E-state index in [1.807, 2.05) is 6.92 Å². The summed E-state index contributed by atoms with van der Waals surface area (Å²) in [5, 5.41) is 3.17. The number of likely N-dealkylation sites (tertiary alicyclic amines) is 2. The molecule has 0 aromatic heterocycles. The molecule has 5 nitrogen and oxygen atoms in total. The molecule has 22 heavy (non-hydrogen) atoms. The summed E-state index contributed by atoms with van der Waals surface area (Å²) in [6.07, 6.45) is 5.64. The largest absolute Gasteiger partial charge is 0.352 e. The molecule has 0 bridgehead atoms. The van der Waals surface area contributed by atoms with Gasteiger partial charge in [-0.3, -0.25) is 4.79 Å². The van der Waals surface area contributed by atoms with Crippen LogP contribution in [0.3, 0.4) is 0 Å². The maximum absolute atomic E-state index is 12.2. The maximum Gasteiger partial charge on any atom is 0.237 e. The van der Waals surface area contributed by atoms with Crippen LogP contribution in [0.5, 0.6) is 0 Å². The lowest BCUT2D eigenvalue weighted by Crippen LogP contribution is -2.53. The second-order valence-electron chi connectivity index (χ2n) is 7.26. The first-order valence-corrected chi connectivity index (χ1v) is 8.99. The van der Waals surface area contributed by atoms with Crippen molar-refractivity contribution in [2.45, 2.75) is 64.1 Å². The third kappa shape index (κ3) is 4.67. The second kappa shape index (κ2) is 8.27. The normalized spacial score (nSPS) is 25.8. The monoisotopic (exact) mass is 310 g/mol. The zero-order chi connectivity index (χ0) is 16.1. The highest BCUT2D eigenvalue weighted by Crippen LogP contribution is 2.20. The van der Waals surface area contributed by atoms with Gasteiger partial charge in [0.25, 0.3) is 0 Å². The van der Waals surface area contributed by atoms with Gasteiger partial charge in [-0.05, 0) is 51.7 Å². The van der Waals surface area contributed by atoms with E-state index in [2.05, 4.69) is 29.1 Å². The van der Waals surface area contributed by atoms with Crippen LogP contribution in [0.4, 0.5) is 0 Å². The number of nitrogens with two attached hydrogens (primary N) is 1. The molecule has 0 saturated carbocycles. The first kappa shape index (κ1) is 17.7. The van der Waals surface area contributed by atoms with Gasteiger partial charge in [-0.2, -0.15) is 0 Å². The van der Waals surface area contributed by atoms with E-state index >= 15 is 0 Å². The number of hydrogen-bond donors (Lipinski definition) is 2. The fraction of sp³-hybridized carbons (Fsp3) is 0.941. The standard InChI is InChI=1S/C17H34N4O/c1-4-13(2)16(18)17(22)19-14-5-11-21(12-6-14)15-7-9-20(3)10-8-15/h13-16H,4-12,18H2,1-3H3,(H,19,22). The fourth-order valence-electron chi connectivity index (χ4n) is 3.58. The van der Waals surface area contributed by atoms with Gasteiger partial charge in [-0.15, -0.1) is 0 Å². The lowest BCUT2D eigenvalue weighted by Gasteiger charge is -2.41. The number of carbonyl (C=O) groups is 1. The number of nitrogens with one attached hydrogen (secondary N) is 1. The van der Waals surface area contributed by atoms with Crippen LogP contribution >= 0.6 is 0 Å². The van der Waals surface area contributed by atoms with Crippen LogP contribution in [0.15, 0.2) is 0 Å². The Hall–Kier alpha value is -0.650. The molecule has 2 saturated heterocycles. The molecule has 2 unspecified atom stereocenters. The van der Waals surface area contributed by atoms with E-state index < -0.39 is 0 Å². The fourth-order valence-corrected chi connectivity index (χ4v) is 3.58. The molecule has 1 amide bonds. The lowest BCUT2D eigenvalue weighted by molar-refractivity contribution is -0.124. The number of piperidine rings is 2. The molecular weight excluding hydrogens is 276 g/mol. The van der Waals surface area contributed by atoms with Gasteiger partial charge in [-0.1, -0.05) is 20.3 Å². The van der Waals surface area contributed by atoms with E-state index in [0.717, 1.165) is 38.4 Å². The molecular formula is C17H34N4O. The molecule has 0 spiro atoms. The zero-order valence-corrected chi connectivity index (χ0v) is 14.6. The molecule has 0 radical (unpaired) electrons. The van der Waals surface area contributed by atoms with Crippen molar-refractivity contribution in [2.24, 2.45) is 11.7 Å². The van der Waals surface area contributed by atoms with Gasteiger partial charge in [0.1, 0.15) is 0 Å². The van der Waals surface area contributed by atoms with Gasteiger partial charge in [0.05, 0.1) is 6.04 Å². The van der Waals surface area contributed by atoms with E-state index in [-0.39, 0.29) is 17.9 Å². The summed E-state index contributed by atoms with van der Waals surface area (Å²) >= 11 is 0. The summed E-state index contributed by atoms with van der Waals surface area (Å²) in [6.45, 7) is 8.77. The average molecular weight is 310 g/mol. The van der Waals surface area contributed by atoms with E-state index in [4.69, 9.17) is 5.73 Å². The Labute approximate surface area is 135 Å². The molecule has 0 aromatic rings. The van der Waals surface area contributed by atoms with Crippen molar-refractivity contribution in [1.29, 1.82) is 0 Å². The second-order valence-corrected chi connectivity index (χ2v) is 7.26. The number of amides is 1. The lowest BCUT2D eigenvalue weighted by atomic mass is 9.96. The Morgan fingerprint density at radius 2 is 1.77 bits per heavy atom. The Kier molecular flexibility index (Phi) is 6.66. The van der Waals surface area contributed by atoms with Crippen molar-refractivity contribution < 1.29 is 4.79 Å². The van der Waals surface area contributed by atoms with Crippen molar-refractivity contribution >= 4 is 5.91 Å². The zero-order valence-electron chi connectivity index (χ0n) is 14.6. The number of nitrogens with zero attached hydrogens (tertiary/aromatic N) is 2. The van der Waals surface area contributed by atoms with Gasteiger partial charge >= 0.3 is 0 Å². The van der Waals surface area contributed by atoms with Crippen molar-refractivity contribution in [2.75, 3.05) is 33.2 Å². The van der Waals surface area contributed by atoms with Crippen LogP contribution in [-0.2, 0) is 4.79 Å². The minimum absolute atomic E-state index is 0.0343. The molecule has 2 atom stereocenters. The predicted molar refractivity (Wildman–Crippen MR) is 90.7 cm³/mol. The molecule has 128 valence electrons. The quantitative estimate of drug-likeness (QED) is 0.796. The first-order chi connectivity index (χ1) is 10.5. The molecule has 0 aliphatic carbocycles. The van der Waals surface area contributed by atoms with Gasteiger partial charge in [-0.25, -0.2) is 0 Å². The predicted octanol–water partition coefficient (Wildman–Crippen LogP) is 1.03. The number of hydrogen-bond acceptors (Lipinski definition) is 4. The van der Waals surface area contributed by atoms with E-state index in [0.29, 0.717) is 6.04 Å². The smallest absolute Gasteiger partial charge is 0.237 e. The maximum atomic E-state index is 12.2. The molecule has 2 aliphatic rings. The Balaban J connectivity index is 1.72. The molecule has 5 heteroatoms. The van der Waals surface area contributed by atoms with Crippen molar-refractivity contribution in [1.82, 2.24) is 15.1 Å². The number of carbonyl (C=O) groups excluding carboxylic acids is 1. The van der Waals surface area contributed by atoms with Crippen LogP contribution in [0.1, 0.15) is 46.0 Å². The molecule has 2 fully saturated rings. The van der Waals surface area contributed by atoms with Crippen molar-refractivity contribution in [3.63, 3.8) is 0 Å². The minimum Gasteiger partial charge on any atom is -0.352 e. The molecule has 2 heterocycles. The van der Waals surface area contributed by atoms with E-state index in [9.17, 15) is 4.79 Å². The summed E-state index contributed by atoms with van der Waals surface area (Å²) in [7, 11) is 2.21. The Morgan fingerprint density at radius 3 is 2.32 bits per heavy atom. The summed E-state index contributed by atoms with van der Waals surface area (Å²) in [5.74, 6) is 0.284. The molecule has 2 aliphatic heterocycles. The Bertz CT molecular complexity index is 347. The van der Waals surface area contributed by atoms with Gasteiger partial charge in [0, 0.05) is 25.2 Å². The van der Waals surface area contributed by atoms with Crippen LogP contribution in [0.2, 0.25) is 0 Å². The van der Waals surface area contributed by atoms with Gasteiger partial charge in [0.15, 0.2) is 0 Å². The Morgan fingerprint density at radius 1 is 1.18 bits per heavy atom. The third-order valence-electron chi connectivity index (χ3n) is 5.64.